The topological polar surface area (TPSA) is 26.0 Å². The summed E-state index contributed by atoms with van der Waals surface area (Å²) in [4.78, 5) is 0. The van der Waals surface area contributed by atoms with Crippen molar-refractivity contribution in [1.82, 2.24) is 0 Å². The van der Waals surface area contributed by atoms with Crippen LogP contribution in [0.1, 0.15) is 86.0 Å². The summed E-state index contributed by atoms with van der Waals surface area (Å²) in [6, 6.07) is 0.412. The third-order valence-corrected chi connectivity index (χ3v) is 4.06. The lowest BCUT2D eigenvalue weighted by Crippen LogP contribution is -2.28. The summed E-state index contributed by atoms with van der Waals surface area (Å²) < 4.78 is 0. The van der Waals surface area contributed by atoms with Crippen LogP contribution in [0.5, 0.6) is 0 Å². The molecule has 0 radical (unpaired) electrons. The Labute approximate surface area is 110 Å². The molecule has 0 aromatic carbocycles. The Kier molecular flexibility index (Phi) is 8.94. The Morgan fingerprint density at radius 3 is 2.00 bits per heavy atom. The highest BCUT2D eigenvalue weighted by Crippen LogP contribution is 2.29. The van der Waals surface area contributed by atoms with Crippen LogP contribution in [0.3, 0.4) is 0 Å². The highest BCUT2D eigenvalue weighted by Gasteiger charge is 2.21. The van der Waals surface area contributed by atoms with Gasteiger partial charge in [-0.1, -0.05) is 73.1 Å². The van der Waals surface area contributed by atoms with E-state index in [1.54, 1.807) is 0 Å². The second kappa shape index (κ2) is 8.97. The van der Waals surface area contributed by atoms with Crippen LogP contribution in [0.4, 0.5) is 0 Å². The van der Waals surface area contributed by atoms with Gasteiger partial charge >= 0.3 is 0 Å². The summed E-state index contributed by atoms with van der Waals surface area (Å²) in [6.45, 7) is 11.5. The Balaban J connectivity index is 3.50. The molecule has 0 heterocycles. The zero-order valence-electron chi connectivity index (χ0n) is 12.9. The first kappa shape index (κ1) is 17.0. The molecule has 0 aliphatic rings. The highest BCUT2D eigenvalue weighted by molar-refractivity contribution is 4.75. The highest BCUT2D eigenvalue weighted by atomic mass is 14.6. The van der Waals surface area contributed by atoms with Crippen molar-refractivity contribution in [3.05, 3.63) is 0 Å². The molecule has 0 spiro atoms. The van der Waals surface area contributed by atoms with Gasteiger partial charge in [0.2, 0.25) is 0 Å². The second-order valence-corrected chi connectivity index (χ2v) is 6.82. The SMILES string of the molecule is CCCCCCCCC(N)CC(C)C(C)(C)C. The lowest BCUT2D eigenvalue weighted by atomic mass is 9.78. The van der Waals surface area contributed by atoms with Gasteiger partial charge in [-0.25, -0.2) is 0 Å². The summed E-state index contributed by atoms with van der Waals surface area (Å²) in [6.07, 6.45) is 10.6. The van der Waals surface area contributed by atoms with Crippen LogP contribution in [0, 0.1) is 11.3 Å². The van der Waals surface area contributed by atoms with Crippen LogP contribution >= 0.6 is 0 Å². The third kappa shape index (κ3) is 9.64. The molecule has 0 rings (SSSR count). The van der Waals surface area contributed by atoms with Gasteiger partial charge in [0.05, 0.1) is 0 Å². The van der Waals surface area contributed by atoms with Crippen LogP contribution < -0.4 is 5.73 Å². The number of hydrogen-bond acceptors (Lipinski definition) is 1. The van der Waals surface area contributed by atoms with Gasteiger partial charge in [0, 0.05) is 6.04 Å². The van der Waals surface area contributed by atoms with Crippen molar-refractivity contribution < 1.29 is 0 Å². The minimum Gasteiger partial charge on any atom is -0.328 e. The van der Waals surface area contributed by atoms with E-state index in [0.717, 1.165) is 5.92 Å². The molecule has 0 saturated carbocycles. The van der Waals surface area contributed by atoms with Crippen molar-refractivity contribution in [2.45, 2.75) is 92.0 Å². The standard InChI is InChI=1S/C16H35N/c1-6-7-8-9-10-11-12-15(17)13-14(2)16(3,4)5/h14-15H,6-13,17H2,1-5H3. The Bertz CT molecular complexity index is 169. The fourth-order valence-electron chi connectivity index (χ4n) is 2.11. The van der Waals surface area contributed by atoms with Gasteiger partial charge in [-0.05, 0) is 24.2 Å². The summed E-state index contributed by atoms with van der Waals surface area (Å²) in [5.74, 6) is 0.720. The molecule has 2 atom stereocenters. The number of rotatable bonds is 9. The van der Waals surface area contributed by atoms with Crippen molar-refractivity contribution in [3.8, 4) is 0 Å². The minimum absolute atomic E-state index is 0.402. The second-order valence-electron chi connectivity index (χ2n) is 6.82. The molecular weight excluding hydrogens is 206 g/mol. The van der Waals surface area contributed by atoms with Crippen LogP contribution in [0.2, 0.25) is 0 Å². The first-order valence-electron chi connectivity index (χ1n) is 7.63. The first-order chi connectivity index (χ1) is 7.88. The van der Waals surface area contributed by atoms with E-state index >= 15 is 0 Å². The average molecular weight is 241 g/mol. The number of unbranched alkanes of at least 4 members (excludes halogenated alkanes) is 5. The van der Waals surface area contributed by atoms with E-state index in [1.807, 2.05) is 0 Å². The van der Waals surface area contributed by atoms with Crippen LogP contribution in [-0.4, -0.2) is 6.04 Å². The molecular formula is C16H35N. The van der Waals surface area contributed by atoms with Gasteiger partial charge in [-0.3, -0.25) is 0 Å². The molecule has 104 valence electrons. The molecule has 2 unspecified atom stereocenters. The van der Waals surface area contributed by atoms with Gasteiger partial charge in [0.1, 0.15) is 0 Å². The van der Waals surface area contributed by atoms with E-state index in [4.69, 9.17) is 5.73 Å². The maximum absolute atomic E-state index is 6.21. The summed E-state index contributed by atoms with van der Waals surface area (Å²) >= 11 is 0. The predicted molar refractivity (Wildman–Crippen MR) is 79.2 cm³/mol. The van der Waals surface area contributed by atoms with E-state index in [9.17, 15) is 0 Å². The largest absolute Gasteiger partial charge is 0.328 e. The van der Waals surface area contributed by atoms with Crippen molar-refractivity contribution in [3.63, 3.8) is 0 Å². The zero-order chi connectivity index (χ0) is 13.3. The van der Waals surface area contributed by atoms with E-state index in [0.29, 0.717) is 11.5 Å². The maximum atomic E-state index is 6.21. The third-order valence-electron chi connectivity index (χ3n) is 4.06. The van der Waals surface area contributed by atoms with E-state index < -0.39 is 0 Å². The van der Waals surface area contributed by atoms with Crippen LogP contribution in [0.25, 0.3) is 0 Å². The summed E-state index contributed by atoms with van der Waals surface area (Å²) in [7, 11) is 0. The average Bonchev–Trinajstić information content (AvgIpc) is 2.21. The van der Waals surface area contributed by atoms with E-state index in [1.165, 1.54) is 51.4 Å². The lowest BCUT2D eigenvalue weighted by molar-refractivity contribution is 0.229. The smallest absolute Gasteiger partial charge is 0.00415 e. The fourth-order valence-corrected chi connectivity index (χ4v) is 2.11. The Morgan fingerprint density at radius 1 is 0.941 bits per heavy atom. The molecule has 1 nitrogen and oxygen atoms in total. The molecule has 0 aliphatic carbocycles. The van der Waals surface area contributed by atoms with Crippen molar-refractivity contribution >= 4 is 0 Å². The predicted octanol–water partition coefficient (Wildman–Crippen LogP) is 5.14. The molecule has 0 saturated heterocycles. The normalized spacial score (nSPS) is 15.9. The monoisotopic (exact) mass is 241 g/mol. The van der Waals surface area contributed by atoms with Crippen LogP contribution in [-0.2, 0) is 0 Å². The maximum Gasteiger partial charge on any atom is 0.00415 e. The molecule has 0 aliphatic heterocycles. The molecule has 17 heavy (non-hydrogen) atoms. The van der Waals surface area contributed by atoms with Crippen molar-refractivity contribution in [1.29, 1.82) is 0 Å². The number of hydrogen-bond donors (Lipinski definition) is 1. The Morgan fingerprint density at radius 2 is 1.47 bits per heavy atom. The molecule has 1 heteroatoms. The quantitative estimate of drug-likeness (QED) is 0.556. The zero-order valence-corrected chi connectivity index (χ0v) is 12.9. The first-order valence-corrected chi connectivity index (χ1v) is 7.63. The van der Waals surface area contributed by atoms with Crippen LogP contribution in [0.15, 0.2) is 0 Å². The van der Waals surface area contributed by atoms with Gasteiger partial charge in [0.15, 0.2) is 0 Å². The number of nitrogens with two attached hydrogens (primary N) is 1. The van der Waals surface area contributed by atoms with Crippen molar-refractivity contribution in [2.24, 2.45) is 17.1 Å². The summed E-state index contributed by atoms with van der Waals surface area (Å²) in [5.41, 5.74) is 6.61. The molecule has 0 aromatic heterocycles. The Hall–Kier alpha value is -0.0400. The molecule has 2 N–H and O–H groups in total. The van der Waals surface area contributed by atoms with Gasteiger partial charge in [0.25, 0.3) is 0 Å². The molecule has 0 amide bonds. The van der Waals surface area contributed by atoms with Crippen molar-refractivity contribution in [2.75, 3.05) is 0 Å². The van der Waals surface area contributed by atoms with E-state index in [-0.39, 0.29) is 0 Å². The van der Waals surface area contributed by atoms with E-state index in [2.05, 4.69) is 34.6 Å². The molecule has 0 aromatic rings. The minimum atomic E-state index is 0.402. The molecule has 0 fully saturated rings. The van der Waals surface area contributed by atoms with Gasteiger partial charge in [-0.15, -0.1) is 0 Å². The lowest BCUT2D eigenvalue weighted by Gasteiger charge is -2.29. The van der Waals surface area contributed by atoms with Gasteiger partial charge in [-0.2, -0.15) is 0 Å². The fraction of sp³-hybridized carbons (Fsp3) is 1.00. The summed E-state index contributed by atoms with van der Waals surface area (Å²) in [5, 5.41) is 0. The molecule has 0 bridgehead atoms. The van der Waals surface area contributed by atoms with Gasteiger partial charge < -0.3 is 5.73 Å².